The molecule has 2 aromatic rings. The zero-order chi connectivity index (χ0) is 14.4. The number of nitrogens with one attached hydrogen (secondary N) is 1. The summed E-state index contributed by atoms with van der Waals surface area (Å²) in [7, 11) is 1.72. The molecule has 0 atom stereocenters. The van der Waals surface area contributed by atoms with Crippen LogP contribution in [0, 0.1) is 6.92 Å². The third-order valence-electron chi connectivity index (χ3n) is 3.24. The van der Waals surface area contributed by atoms with E-state index in [2.05, 4.69) is 43.4 Å². The molecule has 1 heterocycles. The number of methoxy groups -OCH3 is 1. The van der Waals surface area contributed by atoms with E-state index >= 15 is 0 Å². The van der Waals surface area contributed by atoms with Crippen molar-refractivity contribution in [2.45, 2.75) is 26.8 Å². The van der Waals surface area contributed by atoms with Gasteiger partial charge in [-0.3, -0.25) is 0 Å². The van der Waals surface area contributed by atoms with Gasteiger partial charge in [0.05, 0.1) is 12.3 Å². The van der Waals surface area contributed by atoms with Crippen molar-refractivity contribution in [3.05, 3.63) is 39.7 Å². The molecule has 2 rings (SSSR count). The molecule has 20 heavy (non-hydrogen) atoms. The highest BCUT2D eigenvalue weighted by Gasteiger charge is 2.09. The highest BCUT2D eigenvalue weighted by atomic mass is 32.1. The number of hydrogen-bond acceptors (Lipinski definition) is 4. The first-order valence-electron chi connectivity index (χ1n) is 7.00. The number of ether oxygens (including phenoxy) is 1. The van der Waals surface area contributed by atoms with Gasteiger partial charge in [0.1, 0.15) is 5.01 Å². The van der Waals surface area contributed by atoms with Crippen LogP contribution in [0.2, 0.25) is 0 Å². The van der Waals surface area contributed by atoms with Crippen LogP contribution in [0.1, 0.15) is 22.4 Å². The molecule has 0 aliphatic carbocycles. The van der Waals surface area contributed by atoms with Gasteiger partial charge in [-0.1, -0.05) is 31.2 Å². The SMILES string of the molecule is CCc1ccc(-c2nc(CNCCOC)sc2C)cc1. The molecule has 0 bridgehead atoms. The van der Waals surface area contributed by atoms with Gasteiger partial charge in [-0.05, 0) is 18.9 Å². The number of nitrogens with zero attached hydrogens (tertiary/aromatic N) is 1. The Morgan fingerprint density at radius 2 is 2.00 bits per heavy atom. The quantitative estimate of drug-likeness (QED) is 0.793. The molecule has 1 N–H and O–H groups in total. The normalized spacial score (nSPS) is 10.9. The lowest BCUT2D eigenvalue weighted by molar-refractivity contribution is 0.199. The van der Waals surface area contributed by atoms with Crippen LogP contribution in [0.15, 0.2) is 24.3 Å². The minimum absolute atomic E-state index is 0.732. The van der Waals surface area contributed by atoms with Crippen LogP contribution in [0.25, 0.3) is 11.3 Å². The summed E-state index contributed by atoms with van der Waals surface area (Å²) < 4.78 is 5.02. The van der Waals surface area contributed by atoms with E-state index in [1.54, 1.807) is 18.4 Å². The molecule has 108 valence electrons. The van der Waals surface area contributed by atoms with Crippen LogP contribution in [0.3, 0.4) is 0 Å². The smallest absolute Gasteiger partial charge is 0.107 e. The fraction of sp³-hybridized carbons (Fsp3) is 0.438. The molecule has 0 amide bonds. The van der Waals surface area contributed by atoms with Crippen LogP contribution >= 0.6 is 11.3 Å². The predicted octanol–water partition coefficient (Wildman–Crippen LogP) is 3.42. The molecule has 4 heteroatoms. The third-order valence-corrected chi connectivity index (χ3v) is 4.21. The third kappa shape index (κ3) is 3.88. The number of aryl methyl sites for hydroxylation is 2. The Hall–Kier alpha value is -1.23. The van der Waals surface area contributed by atoms with Crippen molar-refractivity contribution < 1.29 is 4.74 Å². The van der Waals surface area contributed by atoms with Crippen molar-refractivity contribution >= 4 is 11.3 Å². The second-order valence-electron chi connectivity index (χ2n) is 4.73. The van der Waals surface area contributed by atoms with E-state index in [0.717, 1.165) is 36.8 Å². The van der Waals surface area contributed by atoms with Gasteiger partial charge >= 0.3 is 0 Å². The Labute approximate surface area is 125 Å². The molecule has 3 nitrogen and oxygen atoms in total. The summed E-state index contributed by atoms with van der Waals surface area (Å²) in [5.74, 6) is 0. The van der Waals surface area contributed by atoms with Crippen molar-refractivity contribution in [2.75, 3.05) is 20.3 Å². The number of thiazole rings is 1. The average Bonchev–Trinajstić information content (AvgIpc) is 2.85. The van der Waals surface area contributed by atoms with Crippen LogP contribution in [-0.2, 0) is 17.7 Å². The van der Waals surface area contributed by atoms with Gasteiger partial charge < -0.3 is 10.1 Å². The predicted molar refractivity (Wildman–Crippen MR) is 85.2 cm³/mol. The molecule has 0 spiro atoms. The van der Waals surface area contributed by atoms with E-state index in [1.165, 1.54) is 16.0 Å². The molecular formula is C16H22N2OS. The second kappa shape index (κ2) is 7.53. The molecule has 0 aliphatic heterocycles. The van der Waals surface area contributed by atoms with Gasteiger partial charge in [0.2, 0.25) is 0 Å². The van der Waals surface area contributed by atoms with E-state index in [9.17, 15) is 0 Å². The molecular weight excluding hydrogens is 268 g/mol. The molecule has 1 aromatic carbocycles. The Kier molecular flexibility index (Phi) is 5.71. The van der Waals surface area contributed by atoms with Crippen molar-refractivity contribution in [3.63, 3.8) is 0 Å². The maximum absolute atomic E-state index is 5.02. The van der Waals surface area contributed by atoms with E-state index in [-0.39, 0.29) is 0 Å². The Bertz CT molecular complexity index is 534. The summed E-state index contributed by atoms with van der Waals surface area (Å²) in [6.07, 6.45) is 1.07. The molecule has 0 unspecified atom stereocenters. The standard InChI is InChI=1S/C16H22N2OS/c1-4-13-5-7-14(8-6-13)16-12(2)20-15(18-16)11-17-9-10-19-3/h5-8,17H,4,9-11H2,1-3H3. The number of aromatic nitrogens is 1. The summed E-state index contributed by atoms with van der Waals surface area (Å²) in [5.41, 5.74) is 3.68. The average molecular weight is 290 g/mol. The van der Waals surface area contributed by atoms with E-state index < -0.39 is 0 Å². The van der Waals surface area contributed by atoms with Crippen molar-refractivity contribution in [1.29, 1.82) is 0 Å². The van der Waals surface area contributed by atoms with Crippen molar-refractivity contribution in [3.8, 4) is 11.3 Å². The summed E-state index contributed by atoms with van der Waals surface area (Å²) in [6, 6.07) is 8.71. The fourth-order valence-corrected chi connectivity index (χ4v) is 2.99. The minimum atomic E-state index is 0.732. The first-order chi connectivity index (χ1) is 9.74. The summed E-state index contributed by atoms with van der Waals surface area (Å²) in [6.45, 7) is 6.71. The highest BCUT2D eigenvalue weighted by molar-refractivity contribution is 7.12. The fourth-order valence-electron chi connectivity index (χ4n) is 2.06. The van der Waals surface area contributed by atoms with Gasteiger partial charge in [-0.25, -0.2) is 4.98 Å². The molecule has 0 saturated heterocycles. The van der Waals surface area contributed by atoms with E-state index in [4.69, 9.17) is 9.72 Å². The molecule has 1 aromatic heterocycles. The first kappa shape index (κ1) is 15.2. The zero-order valence-electron chi connectivity index (χ0n) is 12.4. The lowest BCUT2D eigenvalue weighted by atomic mass is 10.1. The minimum Gasteiger partial charge on any atom is -0.383 e. The van der Waals surface area contributed by atoms with Gasteiger partial charge in [0, 0.05) is 30.6 Å². The number of hydrogen-bond donors (Lipinski definition) is 1. The topological polar surface area (TPSA) is 34.2 Å². The van der Waals surface area contributed by atoms with Gasteiger partial charge in [-0.2, -0.15) is 0 Å². The number of benzene rings is 1. The zero-order valence-corrected chi connectivity index (χ0v) is 13.2. The molecule has 0 radical (unpaired) electrons. The van der Waals surface area contributed by atoms with Gasteiger partial charge in [0.25, 0.3) is 0 Å². The first-order valence-corrected chi connectivity index (χ1v) is 7.81. The summed E-state index contributed by atoms with van der Waals surface area (Å²) >= 11 is 1.76. The van der Waals surface area contributed by atoms with Crippen molar-refractivity contribution in [2.24, 2.45) is 0 Å². The monoisotopic (exact) mass is 290 g/mol. The maximum atomic E-state index is 5.02. The van der Waals surface area contributed by atoms with Gasteiger partial charge in [0.15, 0.2) is 0 Å². The Morgan fingerprint density at radius 3 is 2.65 bits per heavy atom. The van der Waals surface area contributed by atoms with Crippen molar-refractivity contribution in [1.82, 2.24) is 10.3 Å². The van der Waals surface area contributed by atoms with Crippen LogP contribution in [0.4, 0.5) is 0 Å². The molecule has 0 aliphatic rings. The summed E-state index contributed by atoms with van der Waals surface area (Å²) in [4.78, 5) is 6.02. The van der Waals surface area contributed by atoms with Crippen LogP contribution in [0.5, 0.6) is 0 Å². The van der Waals surface area contributed by atoms with E-state index in [0.29, 0.717) is 0 Å². The van der Waals surface area contributed by atoms with Crippen LogP contribution in [-0.4, -0.2) is 25.2 Å². The Balaban J connectivity index is 2.06. The second-order valence-corrected chi connectivity index (χ2v) is 6.02. The lowest BCUT2D eigenvalue weighted by Crippen LogP contribution is -2.18. The van der Waals surface area contributed by atoms with Gasteiger partial charge in [-0.15, -0.1) is 11.3 Å². The van der Waals surface area contributed by atoms with E-state index in [1.807, 2.05) is 0 Å². The lowest BCUT2D eigenvalue weighted by Gasteiger charge is -2.01. The highest BCUT2D eigenvalue weighted by Crippen LogP contribution is 2.27. The molecule has 0 fully saturated rings. The largest absolute Gasteiger partial charge is 0.383 e. The molecule has 0 saturated carbocycles. The van der Waals surface area contributed by atoms with Crippen LogP contribution < -0.4 is 5.32 Å². The summed E-state index contributed by atoms with van der Waals surface area (Å²) in [5, 5.41) is 4.47. The number of rotatable bonds is 7. The maximum Gasteiger partial charge on any atom is 0.107 e. The Morgan fingerprint density at radius 1 is 1.25 bits per heavy atom.